The van der Waals surface area contributed by atoms with Crippen molar-refractivity contribution in [2.45, 2.75) is 46.7 Å². The van der Waals surface area contributed by atoms with Crippen molar-refractivity contribution < 1.29 is 9.53 Å². The molecule has 0 N–H and O–H groups in total. The van der Waals surface area contributed by atoms with Gasteiger partial charge in [-0.3, -0.25) is 4.79 Å². The van der Waals surface area contributed by atoms with Crippen molar-refractivity contribution in [1.82, 2.24) is 24.8 Å². The highest BCUT2D eigenvalue weighted by molar-refractivity contribution is 5.97. The van der Waals surface area contributed by atoms with Crippen LogP contribution in [0, 0.1) is 13.8 Å². The molecule has 28 heavy (non-hydrogen) atoms. The summed E-state index contributed by atoms with van der Waals surface area (Å²) >= 11 is 0. The molecule has 0 atom stereocenters. The number of methoxy groups -OCH3 is 1. The van der Waals surface area contributed by atoms with E-state index in [1.54, 1.807) is 7.11 Å². The molecule has 0 unspecified atom stereocenters. The first-order valence-corrected chi connectivity index (χ1v) is 9.47. The summed E-state index contributed by atoms with van der Waals surface area (Å²) in [5.41, 5.74) is 4.81. The second-order valence-electron chi connectivity index (χ2n) is 7.27. The van der Waals surface area contributed by atoms with Crippen molar-refractivity contribution in [2.75, 3.05) is 13.7 Å². The normalized spacial score (nSPS) is 11.4. The van der Waals surface area contributed by atoms with Crippen molar-refractivity contribution in [2.24, 2.45) is 0 Å². The molecule has 0 aliphatic heterocycles. The van der Waals surface area contributed by atoms with Crippen LogP contribution in [0.5, 0.6) is 0 Å². The summed E-state index contributed by atoms with van der Waals surface area (Å²) in [6.45, 7) is 9.64. The number of tetrazole rings is 1. The molecule has 0 amide bonds. The largest absolute Gasteiger partial charge is 0.383 e. The number of aryl methyl sites for hydroxylation is 1. The fraction of sp³-hybridized carbons (Fsp3) is 0.429. The molecule has 1 aromatic carbocycles. The van der Waals surface area contributed by atoms with Crippen molar-refractivity contribution in [3.8, 4) is 11.4 Å². The van der Waals surface area contributed by atoms with Gasteiger partial charge in [0.15, 0.2) is 5.78 Å². The minimum Gasteiger partial charge on any atom is -0.383 e. The monoisotopic (exact) mass is 381 g/mol. The van der Waals surface area contributed by atoms with Crippen LogP contribution in [0.25, 0.3) is 11.4 Å². The number of carbonyl (C=O) groups is 1. The van der Waals surface area contributed by atoms with Gasteiger partial charge in [-0.05, 0) is 36.6 Å². The number of Topliss-reactive ketones (excluding diaryl/α,β-unsaturated/α-hetero) is 1. The molecular weight excluding hydrogens is 354 g/mol. The Kier molecular flexibility index (Phi) is 6.04. The van der Waals surface area contributed by atoms with E-state index >= 15 is 0 Å². The molecule has 3 rings (SSSR count). The zero-order chi connectivity index (χ0) is 20.3. The molecule has 0 aliphatic rings. The van der Waals surface area contributed by atoms with E-state index in [-0.39, 0.29) is 12.3 Å². The van der Waals surface area contributed by atoms with Gasteiger partial charge in [0.1, 0.15) is 6.54 Å². The predicted octanol–water partition coefficient (Wildman–Crippen LogP) is 3.41. The van der Waals surface area contributed by atoms with Crippen LogP contribution in [-0.2, 0) is 17.8 Å². The zero-order valence-corrected chi connectivity index (χ0v) is 17.1. The second kappa shape index (κ2) is 8.48. The number of ketones is 1. The molecule has 148 valence electrons. The number of hydrogen-bond acceptors (Lipinski definition) is 5. The Morgan fingerprint density at radius 1 is 1.18 bits per heavy atom. The Balaban J connectivity index is 1.74. The first kappa shape index (κ1) is 19.9. The lowest BCUT2D eigenvalue weighted by Gasteiger charge is -2.08. The highest BCUT2D eigenvalue weighted by atomic mass is 16.5. The summed E-state index contributed by atoms with van der Waals surface area (Å²) in [6.07, 6.45) is 0. The third-order valence-electron chi connectivity index (χ3n) is 4.97. The van der Waals surface area contributed by atoms with Gasteiger partial charge in [-0.2, -0.15) is 4.80 Å². The van der Waals surface area contributed by atoms with Gasteiger partial charge in [-0.1, -0.05) is 38.1 Å². The number of aromatic nitrogens is 5. The smallest absolute Gasteiger partial charge is 0.204 e. The number of carbonyl (C=O) groups excluding carboxylic acids is 1. The Labute approximate surface area is 165 Å². The van der Waals surface area contributed by atoms with Crippen LogP contribution in [0.15, 0.2) is 30.3 Å². The van der Waals surface area contributed by atoms with E-state index in [1.165, 1.54) is 10.4 Å². The number of ether oxygens (including phenoxy) is 1. The molecular formula is C21H27N5O2. The summed E-state index contributed by atoms with van der Waals surface area (Å²) in [6, 6.07) is 10.0. The molecule has 0 aliphatic carbocycles. The first-order valence-electron chi connectivity index (χ1n) is 9.47. The van der Waals surface area contributed by atoms with Gasteiger partial charge in [-0.25, -0.2) is 0 Å². The lowest BCUT2D eigenvalue weighted by molar-refractivity contribution is 0.0960. The predicted molar refractivity (Wildman–Crippen MR) is 107 cm³/mol. The van der Waals surface area contributed by atoms with E-state index in [0.717, 1.165) is 23.5 Å². The zero-order valence-electron chi connectivity index (χ0n) is 17.1. The second-order valence-corrected chi connectivity index (χ2v) is 7.27. The molecule has 7 heteroatoms. The Bertz CT molecular complexity index is 954. The Morgan fingerprint density at radius 2 is 1.89 bits per heavy atom. The van der Waals surface area contributed by atoms with Crippen LogP contribution >= 0.6 is 0 Å². The van der Waals surface area contributed by atoms with Crippen molar-refractivity contribution >= 4 is 5.78 Å². The van der Waals surface area contributed by atoms with E-state index in [4.69, 9.17) is 4.74 Å². The fourth-order valence-electron chi connectivity index (χ4n) is 3.27. The topological polar surface area (TPSA) is 74.8 Å². The Morgan fingerprint density at radius 3 is 2.54 bits per heavy atom. The summed E-state index contributed by atoms with van der Waals surface area (Å²) in [5.74, 6) is 0.961. The van der Waals surface area contributed by atoms with Gasteiger partial charge in [0, 0.05) is 36.2 Å². The molecule has 7 nitrogen and oxygen atoms in total. The van der Waals surface area contributed by atoms with Crippen LogP contribution in [-0.4, -0.2) is 44.3 Å². The van der Waals surface area contributed by atoms with Gasteiger partial charge in [-0.15, -0.1) is 10.2 Å². The molecule has 3 aromatic rings. The van der Waals surface area contributed by atoms with E-state index in [2.05, 4.69) is 46.0 Å². The SMILES string of the molecule is COCCn1c(C)cc(C(=O)Cn2nnc(-c3ccc(C(C)C)cc3)n2)c1C. The van der Waals surface area contributed by atoms with Crippen LogP contribution in [0.1, 0.15) is 47.1 Å². The summed E-state index contributed by atoms with van der Waals surface area (Å²) in [4.78, 5) is 14.1. The quantitative estimate of drug-likeness (QED) is 0.559. The van der Waals surface area contributed by atoms with Gasteiger partial charge >= 0.3 is 0 Å². The van der Waals surface area contributed by atoms with E-state index < -0.39 is 0 Å². The summed E-state index contributed by atoms with van der Waals surface area (Å²) < 4.78 is 7.24. The average Bonchev–Trinajstić information content (AvgIpc) is 3.25. The lowest BCUT2D eigenvalue weighted by atomic mass is 10.0. The molecule has 0 spiro atoms. The molecule has 0 saturated heterocycles. The number of nitrogens with zero attached hydrogens (tertiary/aromatic N) is 5. The molecule has 0 fully saturated rings. The third kappa shape index (κ3) is 4.20. The highest BCUT2D eigenvalue weighted by Crippen LogP contribution is 2.20. The maximum absolute atomic E-state index is 12.8. The van der Waals surface area contributed by atoms with Crippen LogP contribution < -0.4 is 0 Å². The minimum absolute atomic E-state index is 0.0316. The summed E-state index contributed by atoms with van der Waals surface area (Å²) in [7, 11) is 1.67. The van der Waals surface area contributed by atoms with Gasteiger partial charge in [0.05, 0.1) is 6.61 Å². The van der Waals surface area contributed by atoms with Crippen LogP contribution in [0.2, 0.25) is 0 Å². The van der Waals surface area contributed by atoms with E-state index in [9.17, 15) is 4.79 Å². The van der Waals surface area contributed by atoms with E-state index in [1.807, 2.05) is 32.0 Å². The van der Waals surface area contributed by atoms with Gasteiger partial charge in [0.2, 0.25) is 5.82 Å². The molecule has 2 aromatic heterocycles. The van der Waals surface area contributed by atoms with Crippen molar-refractivity contribution in [3.63, 3.8) is 0 Å². The van der Waals surface area contributed by atoms with Gasteiger partial charge in [0.25, 0.3) is 0 Å². The maximum Gasteiger partial charge on any atom is 0.204 e. The van der Waals surface area contributed by atoms with Crippen molar-refractivity contribution in [1.29, 1.82) is 0 Å². The van der Waals surface area contributed by atoms with E-state index in [0.29, 0.717) is 23.9 Å². The third-order valence-corrected chi connectivity index (χ3v) is 4.97. The average molecular weight is 381 g/mol. The molecule has 0 radical (unpaired) electrons. The molecule has 0 saturated carbocycles. The standard InChI is InChI=1S/C21H27N5O2/c1-14(2)17-6-8-18(9-7-17)21-22-24-26(23-21)13-20(27)19-12-15(3)25(16(19)4)10-11-28-5/h6-9,12,14H,10-11,13H2,1-5H3. The number of rotatable bonds is 8. The fourth-order valence-corrected chi connectivity index (χ4v) is 3.27. The Hall–Kier alpha value is -2.80. The summed E-state index contributed by atoms with van der Waals surface area (Å²) in [5, 5.41) is 12.5. The first-order chi connectivity index (χ1) is 13.4. The lowest BCUT2D eigenvalue weighted by Crippen LogP contribution is -2.14. The van der Waals surface area contributed by atoms with Crippen molar-refractivity contribution in [3.05, 3.63) is 52.8 Å². The maximum atomic E-state index is 12.8. The van der Waals surface area contributed by atoms with Crippen LogP contribution in [0.3, 0.4) is 0 Å². The minimum atomic E-state index is -0.0316. The van der Waals surface area contributed by atoms with Crippen LogP contribution in [0.4, 0.5) is 0 Å². The molecule has 0 bridgehead atoms. The highest BCUT2D eigenvalue weighted by Gasteiger charge is 2.17. The van der Waals surface area contributed by atoms with Gasteiger partial charge < -0.3 is 9.30 Å². The number of benzene rings is 1. The molecule has 2 heterocycles. The number of hydrogen-bond donors (Lipinski definition) is 0.